The van der Waals surface area contributed by atoms with Crippen LogP contribution in [0.5, 0.6) is 0 Å². The minimum atomic E-state index is -0.664. The molecule has 0 spiro atoms. The molecule has 0 aromatic heterocycles. The van der Waals surface area contributed by atoms with Gasteiger partial charge in [-0.05, 0) is 18.1 Å². The molecule has 0 aliphatic carbocycles. The van der Waals surface area contributed by atoms with Crippen LogP contribution in [0, 0.1) is 0 Å². The molecular weight excluding hydrogens is 258 g/mol. The molecule has 1 fully saturated rings. The summed E-state index contributed by atoms with van der Waals surface area (Å²) in [5.41, 5.74) is 4.12. The molecule has 2 rings (SSSR count). The Balaban J connectivity index is 1.97. The number of amides is 1. The van der Waals surface area contributed by atoms with Gasteiger partial charge >= 0.3 is 0 Å². The fraction of sp³-hybridized carbons (Fsp3) is 0.500. The van der Waals surface area contributed by atoms with E-state index in [0.29, 0.717) is 19.6 Å². The maximum absolute atomic E-state index is 11.4. The van der Waals surface area contributed by atoms with Crippen LogP contribution in [0.4, 0.5) is 0 Å². The molecule has 1 amide bonds. The molecule has 5 N–H and O–H groups in total. The second kappa shape index (κ2) is 6.32. The van der Waals surface area contributed by atoms with E-state index in [9.17, 15) is 15.0 Å². The zero-order valence-corrected chi connectivity index (χ0v) is 11.5. The van der Waals surface area contributed by atoms with E-state index < -0.39 is 12.2 Å². The van der Waals surface area contributed by atoms with Crippen LogP contribution in [-0.2, 0) is 11.3 Å². The molecule has 0 radical (unpaired) electrons. The second-order valence-electron chi connectivity index (χ2n) is 5.30. The van der Waals surface area contributed by atoms with Gasteiger partial charge in [-0.15, -0.1) is 0 Å². The third-order valence-corrected chi connectivity index (χ3v) is 3.76. The molecule has 0 bridgehead atoms. The van der Waals surface area contributed by atoms with E-state index in [2.05, 4.69) is 5.43 Å². The summed E-state index contributed by atoms with van der Waals surface area (Å²) in [7, 11) is 0. The van der Waals surface area contributed by atoms with Gasteiger partial charge in [0.15, 0.2) is 0 Å². The quantitative estimate of drug-likeness (QED) is 0.332. The number of hydrogen-bond acceptors (Lipinski definition) is 5. The largest absolute Gasteiger partial charge is 0.389 e. The van der Waals surface area contributed by atoms with Crippen LogP contribution in [0.25, 0.3) is 0 Å². The van der Waals surface area contributed by atoms with Gasteiger partial charge < -0.3 is 10.2 Å². The lowest BCUT2D eigenvalue weighted by molar-refractivity contribution is -0.122. The van der Waals surface area contributed by atoms with E-state index in [1.807, 2.05) is 29.2 Å². The summed E-state index contributed by atoms with van der Waals surface area (Å²) in [5.74, 6) is 4.62. The minimum absolute atomic E-state index is 0.219. The maximum Gasteiger partial charge on any atom is 0.241 e. The van der Waals surface area contributed by atoms with Gasteiger partial charge in [0.25, 0.3) is 0 Å². The summed E-state index contributed by atoms with van der Waals surface area (Å²) in [6, 6.07) is 7.70. The van der Waals surface area contributed by atoms with E-state index in [-0.39, 0.29) is 11.8 Å². The van der Waals surface area contributed by atoms with Crippen molar-refractivity contribution in [3.63, 3.8) is 0 Å². The van der Waals surface area contributed by atoms with Gasteiger partial charge in [0, 0.05) is 19.6 Å². The first-order valence-electron chi connectivity index (χ1n) is 6.69. The number of likely N-dealkylation sites (tertiary alicyclic amines) is 1. The number of nitrogens with one attached hydrogen (secondary N) is 1. The lowest BCUT2D eigenvalue weighted by Gasteiger charge is -2.16. The van der Waals surface area contributed by atoms with E-state index in [0.717, 1.165) is 11.1 Å². The number of carbonyl (C=O) groups is 1. The predicted molar refractivity (Wildman–Crippen MR) is 74.5 cm³/mol. The highest BCUT2D eigenvalue weighted by Gasteiger charge is 2.29. The van der Waals surface area contributed by atoms with E-state index >= 15 is 0 Å². The highest BCUT2D eigenvalue weighted by atomic mass is 16.3. The fourth-order valence-electron chi connectivity index (χ4n) is 2.42. The summed E-state index contributed by atoms with van der Waals surface area (Å²) in [6.07, 6.45) is -1.33. The molecule has 1 heterocycles. The van der Waals surface area contributed by atoms with Crippen LogP contribution in [0.2, 0.25) is 0 Å². The Morgan fingerprint density at radius 1 is 1.35 bits per heavy atom. The molecule has 6 heteroatoms. The number of benzene rings is 1. The van der Waals surface area contributed by atoms with Gasteiger partial charge in [-0.1, -0.05) is 24.3 Å². The molecular formula is C14H21N3O3. The fourth-order valence-corrected chi connectivity index (χ4v) is 2.42. The Bertz CT molecular complexity index is 453. The first-order chi connectivity index (χ1) is 9.51. The number of hydrazine groups is 1. The lowest BCUT2D eigenvalue weighted by Crippen LogP contribution is -2.33. The van der Waals surface area contributed by atoms with E-state index in [4.69, 9.17) is 5.84 Å². The van der Waals surface area contributed by atoms with Crippen LogP contribution < -0.4 is 11.3 Å². The van der Waals surface area contributed by atoms with Gasteiger partial charge in [0.1, 0.15) is 0 Å². The van der Waals surface area contributed by atoms with E-state index in [1.165, 1.54) is 0 Å². The third-order valence-electron chi connectivity index (χ3n) is 3.76. The average molecular weight is 279 g/mol. The summed E-state index contributed by atoms with van der Waals surface area (Å²) in [5, 5.41) is 19.0. The molecule has 1 aromatic rings. The molecule has 0 saturated carbocycles. The summed E-state index contributed by atoms with van der Waals surface area (Å²) in [6.45, 7) is 3.43. The minimum Gasteiger partial charge on any atom is -0.389 e. The predicted octanol–water partition coefficient (Wildman–Crippen LogP) is -0.683. The molecule has 110 valence electrons. The van der Waals surface area contributed by atoms with Crippen molar-refractivity contribution in [2.75, 3.05) is 13.1 Å². The topological polar surface area (TPSA) is 98.8 Å². The Morgan fingerprint density at radius 3 is 2.40 bits per heavy atom. The smallest absolute Gasteiger partial charge is 0.241 e. The van der Waals surface area contributed by atoms with Crippen molar-refractivity contribution in [2.24, 2.45) is 5.84 Å². The number of aliphatic hydroxyl groups excluding tert-OH is 2. The standard InChI is InChI=1S/C14H21N3O3/c1-9(14(20)16-15)11-4-2-10(3-5-11)6-17-7-12(18)13(19)8-17/h2-5,9,12-13,18-19H,6-8,15H2,1H3,(H,16,20). The third kappa shape index (κ3) is 3.34. The number of rotatable bonds is 4. The number of β-amino-alcohol motifs (C(OH)–C–C–N with tert-alkyl or cyclic N) is 2. The Kier molecular flexibility index (Phi) is 4.72. The van der Waals surface area contributed by atoms with Crippen LogP contribution in [-0.4, -0.2) is 46.3 Å². The van der Waals surface area contributed by atoms with Crippen molar-refractivity contribution in [3.8, 4) is 0 Å². The van der Waals surface area contributed by atoms with Crippen molar-refractivity contribution in [3.05, 3.63) is 35.4 Å². The van der Waals surface area contributed by atoms with Crippen molar-refractivity contribution >= 4 is 5.91 Å². The van der Waals surface area contributed by atoms with Crippen molar-refractivity contribution in [1.82, 2.24) is 10.3 Å². The Hall–Kier alpha value is -1.47. The molecule has 1 saturated heterocycles. The number of hydrogen-bond donors (Lipinski definition) is 4. The van der Waals surface area contributed by atoms with E-state index in [1.54, 1.807) is 6.92 Å². The summed E-state index contributed by atoms with van der Waals surface area (Å²) < 4.78 is 0. The van der Waals surface area contributed by atoms with Crippen LogP contribution in [0.3, 0.4) is 0 Å². The first kappa shape index (κ1) is 14.9. The maximum atomic E-state index is 11.4. The normalized spacial score (nSPS) is 24.6. The molecule has 1 aromatic carbocycles. The van der Waals surface area contributed by atoms with Gasteiger partial charge in [-0.25, -0.2) is 5.84 Å². The number of nitrogens with zero attached hydrogens (tertiary/aromatic N) is 1. The zero-order chi connectivity index (χ0) is 14.7. The van der Waals surface area contributed by atoms with Gasteiger partial charge in [0.2, 0.25) is 5.91 Å². The van der Waals surface area contributed by atoms with Gasteiger partial charge in [-0.2, -0.15) is 0 Å². The average Bonchev–Trinajstić information content (AvgIpc) is 2.76. The lowest BCUT2D eigenvalue weighted by atomic mass is 9.99. The molecule has 1 aliphatic rings. The molecule has 6 nitrogen and oxygen atoms in total. The number of aliphatic hydroxyl groups is 2. The van der Waals surface area contributed by atoms with Crippen molar-refractivity contribution in [2.45, 2.75) is 31.6 Å². The van der Waals surface area contributed by atoms with Crippen molar-refractivity contribution < 1.29 is 15.0 Å². The van der Waals surface area contributed by atoms with Crippen LogP contribution in [0.15, 0.2) is 24.3 Å². The molecule has 20 heavy (non-hydrogen) atoms. The number of nitrogens with two attached hydrogens (primary N) is 1. The first-order valence-corrected chi connectivity index (χ1v) is 6.69. The monoisotopic (exact) mass is 279 g/mol. The van der Waals surface area contributed by atoms with Gasteiger partial charge in [0.05, 0.1) is 18.1 Å². The van der Waals surface area contributed by atoms with Gasteiger partial charge in [-0.3, -0.25) is 15.1 Å². The molecule has 3 unspecified atom stereocenters. The molecule has 1 aliphatic heterocycles. The highest BCUT2D eigenvalue weighted by molar-refractivity contribution is 5.82. The zero-order valence-electron chi connectivity index (χ0n) is 11.5. The SMILES string of the molecule is CC(C(=O)NN)c1ccc(CN2CC(O)C(O)C2)cc1. The van der Waals surface area contributed by atoms with Crippen LogP contribution >= 0.6 is 0 Å². The molecule has 3 atom stereocenters. The Morgan fingerprint density at radius 2 is 1.90 bits per heavy atom. The van der Waals surface area contributed by atoms with Crippen molar-refractivity contribution in [1.29, 1.82) is 0 Å². The summed E-state index contributed by atoms with van der Waals surface area (Å²) in [4.78, 5) is 13.4. The number of carbonyl (C=O) groups excluding carboxylic acids is 1. The van der Waals surface area contributed by atoms with Crippen LogP contribution in [0.1, 0.15) is 24.0 Å². The highest BCUT2D eigenvalue weighted by Crippen LogP contribution is 2.18. The second-order valence-corrected chi connectivity index (χ2v) is 5.30. The summed E-state index contributed by atoms with van der Waals surface area (Å²) >= 11 is 0. The Labute approximate surface area is 118 Å².